The van der Waals surface area contributed by atoms with Gasteiger partial charge in [0.1, 0.15) is 5.58 Å². The molecule has 7 heteroatoms. The normalized spacial score (nSPS) is 11.3. The predicted octanol–water partition coefficient (Wildman–Crippen LogP) is 4.09. The first-order valence-corrected chi connectivity index (χ1v) is 9.12. The van der Waals surface area contributed by atoms with Crippen molar-refractivity contribution in [1.82, 2.24) is 14.8 Å². The van der Waals surface area contributed by atoms with Crippen LogP contribution in [0.1, 0.15) is 16.7 Å². The fraction of sp³-hybridized carbons (Fsp3) is 0.211. The van der Waals surface area contributed by atoms with E-state index in [1.54, 1.807) is 12.3 Å². The minimum absolute atomic E-state index is 0.337. The summed E-state index contributed by atoms with van der Waals surface area (Å²) in [6.45, 7) is 3.97. The molecule has 3 heterocycles. The Hall–Kier alpha value is -2.80. The Kier molecular flexibility index (Phi) is 4.16. The van der Waals surface area contributed by atoms with Crippen molar-refractivity contribution in [3.63, 3.8) is 0 Å². The van der Waals surface area contributed by atoms with E-state index in [2.05, 4.69) is 10.2 Å². The van der Waals surface area contributed by atoms with E-state index in [0.29, 0.717) is 22.9 Å². The van der Waals surface area contributed by atoms with Crippen molar-refractivity contribution in [2.24, 2.45) is 7.05 Å². The topological polar surface area (TPSA) is 74.1 Å². The van der Waals surface area contributed by atoms with Gasteiger partial charge in [-0.05, 0) is 42.7 Å². The van der Waals surface area contributed by atoms with Crippen molar-refractivity contribution in [1.29, 1.82) is 0 Å². The molecule has 1 aromatic carbocycles. The molecule has 0 saturated carbocycles. The molecule has 0 aliphatic carbocycles. The molecule has 0 amide bonds. The molecule has 132 valence electrons. The van der Waals surface area contributed by atoms with Gasteiger partial charge in [0.15, 0.2) is 16.7 Å². The Bertz CT molecular complexity index is 1140. The first-order valence-electron chi connectivity index (χ1n) is 8.13. The SMILES string of the molecule is Cc1ccc2c(CSc3nnc(-c4ccco4)n3C)cc(=O)oc2c1C. The second-order valence-electron chi connectivity index (χ2n) is 6.11. The van der Waals surface area contributed by atoms with E-state index in [1.165, 1.54) is 11.8 Å². The van der Waals surface area contributed by atoms with Crippen LogP contribution in [0.25, 0.3) is 22.6 Å². The van der Waals surface area contributed by atoms with E-state index < -0.39 is 0 Å². The Labute approximate surface area is 153 Å². The number of nitrogens with zero attached hydrogens (tertiary/aromatic N) is 3. The molecule has 0 unspecified atom stereocenters. The molecule has 0 radical (unpaired) electrons. The average Bonchev–Trinajstić information content (AvgIpc) is 3.26. The smallest absolute Gasteiger partial charge is 0.336 e. The van der Waals surface area contributed by atoms with Gasteiger partial charge in [-0.3, -0.25) is 0 Å². The lowest BCUT2D eigenvalue weighted by Gasteiger charge is -2.08. The van der Waals surface area contributed by atoms with E-state index in [9.17, 15) is 4.79 Å². The van der Waals surface area contributed by atoms with Crippen LogP contribution >= 0.6 is 11.8 Å². The lowest BCUT2D eigenvalue weighted by atomic mass is 10.0. The molecule has 4 aromatic rings. The van der Waals surface area contributed by atoms with Crippen LogP contribution in [0.5, 0.6) is 0 Å². The third kappa shape index (κ3) is 2.84. The summed E-state index contributed by atoms with van der Waals surface area (Å²) in [5.74, 6) is 1.93. The van der Waals surface area contributed by atoms with Gasteiger partial charge in [-0.15, -0.1) is 10.2 Å². The van der Waals surface area contributed by atoms with Crippen molar-refractivity contribution in [2.75, 3.05) is 0 Å². The third-order valence-electron chi connectivity index (χ3n) is 4.45. The van der Waals surface area contributed by atoms with E-state index in [0.717, 1.165) is 27.2 Å². The average molecular weight is 367 g/mol. The van der Waals surface area contributed by atoms with Crippen molar-refractivity contribution >= 4 is 22.7 Å². The second-order valence-corrected chi connectivity index (χ2v) is 7.05. The Morgan fingerprint density at radius 3 is 2.81 bits per heavy atom. The molecule has 0 aliphatic heterocycles. The standard InChI is InChI=1S/C19H17N3O3S/c1-11-6-7-14-13(9-16(23)25-17(14)12(11)2)10-26-19-21-20-18(22(19)3)15-5-4-8-24-15/h4-9H,10H2,1-3H3. The van der Waals surface area contributed by atoms with Crippen LogP contribution in [0, 0.1) is 13.8 Å². The number of hydrogen-bond acceptors (Lipinski definition) is 6. The van der Waals surface area contributed by atoms with Crippen molar-refractivity contribution in [3.8, 4) is 11.6 Å². The van der Waals surface area contributed by atoms with Gasteiger partial charge in [0, 0.05) is 24.3 Å². The lowest BCUT2D eigenvalue weighted by Crippen LogP contribution is -2.02. The van der Waals surface area contributed by atoms with Crippen molar-refractivity contribution < 1.29 is 8.83 Å². The molecule has 0 bridgehead atoms. The summed E-state index contributed by atoms with van der Waals surface area (Å²) in [5.41, 5.74) is 3.33. The van der Waals surface area contributed by atoms with Gasteiger partial charge in [0.05, 0.1) is 6.26 Å². The molecular formula is C19H17N3O3S. The fourth-order valence-electron chi connectivity index (χ4n) is 2.85. The van der Waals surface area contributed by atoms with Crippen LogP contribution in [0.15, 0.2) is 55.4 Å². The molecule has 4 rings (SSSR count). The molecule has 6 nitrogen and oxygen atoms in total. The van der Waals surface area contributed by atoms with Crippen LogP contribution in [-0.2, 0) is 12.8 Å². The minimum Gasteiger partial charge on any atom is -0.461 e. The summed E-state index contributed by atoms with van der Waals surface area (Å²) in [5, 5.41) is 10.1. The maximum absolute atomic E-state index is 12.0. The zero-order valence-corrected chi connectivity index (χ0v) is 15.5. The molecular weight excluding hydrogens is 350 g/mol. The van der Waals surface area contributed by atoms with Gasteiger partial charge in [0.25, 0.3) is 0 Å². The molecule has 0 aliphatic rings. The van der Waals surface area contributed by atoms with Gasteiger partial charge >= 0.3 is 5.63 Å². The Morgan fingerprint density at radius 2 is 2.04 bits per heavy atom. The summed E-state index contributed by atoms with van der Waals surface area (Å²) in [6.07, 6.45) is 1.61. The molecule has 26 heavy (non-hydrogen) atoms. The summed E-state index contributed by atoms with van der Waals surface area (Å²) < 4.78 is 12.7. The van der Waals surface area contributed by atoms with Gasteiger partial charge in [-0.2, -0.15) is 0 Å². The highest BCUT2D eigenvalue weighted by Gasteiger charge is 2.15. The van der Waals surface area contributed by atoms with E-state index >= 15 is 0 Å². The van der Waals surface area contributed by atoms with Crippen LogP contribution in [0.2, 0.25) is 0 Å². The minimum atomic E-state index is -0.337. The second kappa shape index (κ2) is 6.49. The van der Waals surface area contributed by atoms with Gasteiger partial charge in [-0.1, -0.05) is 23.9 Å². The summed E-state index contributed by atoms with van der Waals surface area (Å²) in [6, 6.07) is 9.26. The van der Waals surface area contributed by atoms with Crippen LogP contribution < -0.4 is 5.63 Å². The summed E-state index contributed by atoms with van der Waals surface area (Å²) in [4.78, 5) is 12.0. The highest BCUT2D eigenvalue weighted by molar-refractivity contribution is 7.98. The molecule has 0 fully saturated rings. The number of furan rings is 1. The van der Waals surface area contributed by atoms with Crippen LogP contribution in [0.4, 0.5) is 0 Å². The van der Waals surface area contributed by atoms with E-state index in [4.69, 9.17) is 8.83 Å². The zero-order chi connectivity index (χ0) is 18.3. The molecule has 0 atom stereocenters. The van der Waals surface area contributed by atoms with E-state index in [1.807, 2.05) is 49.7 Å². The van der Waals surface area contributed by atoms with Gasteiger partial charge < -0.3 is 13.4 Å². The predicted molar refractivity (Wildman–Crippen MR) is 100 cm³/mol. The first kappa shape index (κ1) is 16.7. The number of benzene rings is 1. The highest BCUT2D eigenvalue weighted by atomic mass is 32.2. The highest BCUT2D eigenvalue weighted by Crippen LogP contribution is 2.29. The van der Waals surface area contributed by atoms with Crippen molar-refractivity contribution in [2.45, 2.75) is 24.8 Å². The summed E-state index contributed by atoms with van der Waals surface area (Å²) >= 11 is 1.52. The van der Waals surface area contributed by atoms with Gasteiger partial charge in [-0.25, -0.2) is 4.79 Å². The zero-order valence-electron chi connectivity index (χ0n) is 14.6. The fourth-order valence-corrected chi connectivity index (χ4v) is 3.75. The quantitative estimate of drug-likeness (QED) is 0.399. The summed E-state index contributed by atoms with van der Waals surface area (Å²) in [7, 11) is 1.89. The molecule has 0 spiro atoms. The molecule has 0 saturated heterocycles. The lowest BCUT2D eigenvalue weighted by molar-refractivity contribution is 0.557. The number of aromatic nitrogens is 3. The Morgan fingerprint density at radius 1 is 1.19 bits per heavy atom. The van der Waals surface area contributed by atoms with Gasteiger partial charge in [0.2, 0.25) is 0 Å². The largest absolute Gasteiger partial charge is 0.461 e. The number of thioether (sulfide) groups is 1. The number of hydrogen-bond donors (Lipinski definition) is 0. The van der Waals surface area contributed by atoms with E-state index in [-0.39, 0.29) is 5.63 Å². The van der Waals surface area contributed by atoms with Crippen LogP contribution in [-0.4, -0.2) is 14.8 Å². The Balaban J connectivity index is 1.67. The number of aryl methyl sites for hydroxylation is 2. The number of rotatable bonds is 4. The first-order chi connectivity index (χ1) is 12.5. The maximum Gasteiger partial charge on any atom is 0.336 e. The third-order valence-corrected chi connectivity index (χ3v) is 5.52. The monoisotopic (exact) mass is 367 g/mol. The molecule has 3 aromatic heterocycles. The maximum atomic E-state index is 12.0. The number of fused-ring (bicyclic) bond motifs is 1. The van der Waals surface area contributed by atoms with Crippen molar-refractivity contribution in [3.05, 3.63) is 63.7 Å². The van der Waals surface area contributed by atoms with Crippen LogP contribution in [0.3, 0.4) is 0 Å². The molecule has 0 N–H and O–H groups in total.